The molecule has 2 amide bonds. The smallest absolute Gasteiger partial charge is 0.306 e. The minimum atomic E-state index is -0.734. The summed E-state index contributed by atoms with van der Waals surface area (Å²) in [4.78, 5) is 37.1. The van der Waals surface area contributed by atoms with Crippen LogP contribution >= 0.6 is 11.8 Å². The van der Waals surface area contributed by atoms with Crippen LogP contribution in [0.1, 0.15) is 41.6 Å². The number of thioether (sulfide) groups is 1. The molecule has 8 nitrogen and oxygen atoms in total. The van der Waals surface area contributed by atoms with Gasteiger partial charge >= 0.3 is 5.97 Å². The van der Waals surface area contributed by atoms with Crippen molar-refractivity contribution in [3.63, 3.8) is 0 Å². The monoisotopic (exact) mass is 498 g/mol. The van der Waals surface area contributed by atoms with Crippen molar-refractivity contribution in [2.24, 2.45) is 5.92 Å². The quantitative estimate of drug-likeness (QED) is 0.455. The number of hydrogen-bond donors (Lipinski definition) is 3. The highest BCUT2D eigenvalue weighted by Crippen LogP contribution is 2.38. The predicted molar refractivity (Wildman–Crippen MR) is 132 cm³/mol. The van der Waals surface area contributed by atoms with Crippen molar-refractivity contribution in [3.8, 4) is 11.5 Å². The van der Waals surface area contributed by atoms with Gasteiger partial charge in [-0.15, -0.1) is 11.8 Å². The molecule has 1 aliphatic heterocycles. The van der Waals surface area contributed by atoms with Gasteiger partial charge in [-0.2, -0.15) is 0 Å². The number of benzene rings is 2. The Morgan fingerprint density at radius 2 is 1.66 bits per heavy atom. The Morgan fingerprint density at radius 1 is 0.971 bits per heavy atom. The summed E-state index contributed by atoms with van der Waals surface area (Å²) < 4.78 is 11.2. The Balaban J connectivity index is 1.15. The van der Waals surface area contributed by atoms with Crippen molar-refractivity contribution in [2.75, 3.05) is 20.2 Å². The van der Waals surface area contributed by atoms with Crippen molar-refractivity contribution in [3.05, 3.63) is 53.6 Å². The van der Waals surface area contributed by atoms with E-state index in [-0.39, 0.29) is 29.1 Å². The molecule has 2 aromatic rings. The highest BCUT2D eigenvalue weighted by molar-refractivity contribution is 8.01. The summed E-state index contributed by atoms with van der Waals surface area (Å²) in [5.41, 5.74) is 1.62. The van der Waals surface area contributed by atoms with Crippen molar-refractivity contribution >= 4 is 29.5 Å². The van der Waals surface area contributed by atoms with Crippen LogP contribution in [0.4, 0.5) is 0 Å². The number of hydrogen-bond acceptors (Lipinski definition) is 6. The van der Waals surface area contributed by atoms with Crippen LogP contribution in [0.5, 0.6) is 11.5 Å². The number of rotatable bonds is 9. The molecule has 0 aromatic heterocycles. The third-order valence-corrected chi connectivity index (χ3v) is 7.70. The number of carboxylic acids is 1. The van der Waals surface area contributed by atoms with Gasteiger partial charge in [0.05, 0.1) is 24.4 Å². The fraction of sp³-hybridized carbons (Fsp3) is 0.423. The standard InChI is InChI=1S/C26H30N2O6S/c1-33-21-10-11-22-18(14-21)15-23(35-22)25(30)28-13-12-27-24(29)16-2-6-19(7-3-16)34-20-8-4-17(5-9-20)26(31)32/h2-3,6-7,10-11,14,17,20,23H,4-5,8-9,12-13,15H2,1H3,(H,27,29)(H,28,30)(H,31,32). The first-order valence-electron chi connectivity index (χ1n) is 11.8. The third kappa shape index (κ3) is 6.48. The van der Waals surface area contributed by atoms with E-state index in [2.05, 4.69) is 10.6 Å². The van der Waals surface area contributed by atoms with E-state index in [1.807, 2.05) is 18.2 Å². The lowest BCUT2D eigenvalue weighted by atomic mass is 9.87. The summed E-state index contributed by atoms with van der Waals surface area (Å²) in [5.74, 6) is 0.183. The molecule has 0 radical (unpaired) electrons. The van der Waals surface area contributed by atoms with Gasteiger partial charge < -0.3 is 25.2 Å². The number of aliphatic carboxylic acids is 1. The molecule has 1 saturated carbocycles. The molecule has 1 aliphatic carbocycles. The molecule has 0 spiro atoms. The van der Waals surface area contributed by atoms with Gasteiger partial charge in [-0.3, -0.25) is 14.4 Å². The van der Waals surface area contributed by atoms with Gasteiger partial charge in [0.25, 0.3) is 5.91 Å². The maximum absolute atomic E-state index is 12.5. The molecule has 3 N–H and O–H groups in total. The summed E-state index contributed by atoms with van der Waals surface area (Å²) in [6.45, 7) is 0.676. The molecule has 35 heavy (non-hydrogen) atoms. The number of fused-ring (bicyclic) bond motifs is 1. The number of carbonyl (C=O) groups excluding carboxylic acids is 2. The van der Waals surface area contributed by atoms with Crippen molar-refractivity contribution < 1.29 is 29.0 Å². The third-order valence-electron chi connectivity index (χ3n) is 6.39. The first kappa shape index (κ1) is 24.9. The second-order valence-corrected chi connectivity index (χ2v) is 10.0. The van der Waals surface area contributed by atoms with Crippen LogP contribution in [0.25, 0.3) is 0 Å². The Bertz CT molecular complexity index is 1070. The molecule has 1 unspecified atom stereocenters. The van der Waals surface area contributed by atoms with E-state index in [1.54, 1.807) is 43.1 Å². The van der Waals surface area contributed by atoms with Gasteiger partial charge in [-0.05, 0) is 80.1 Å². The second kappa shape index (κ2) is 11.5. The van der Waals surface area contributed by atoms with E-state index < -0.39 is 5.97 Å². The van der Waals surface area contributed by atoms with Crippen LogP contribution < -0.4 is 20.1 Å². The van der Waals surface area contributed by atoms with E-state index in [9.17, 15) is 14.4 Å². The molecule has 4 rings (SSSR count). The molecular weight excluding hydrogens is 468 g/mol. The van der Waals surface area contributed by atoms with E-state index in [0.29, 0.717) is 56.5 Å². The Morgan fingerprint density at radius 3 is 2.34 bits per heavy atom. The highest BCUT2D eigenvalue weighted by atomic mass is 32.2. The van der Waals surface area contributed by atoms with Crippen molar-refractivity contribution in [1.82, 2.24) is 10.6 Å². The maximum atomic E-state index is 12.5. The normalized spacial score (nSPS) is 21.0. The minimum absolute atomic E-state index is 0.00161. The van der Waals surface area contributed by atoms with Crippen LogP contribution in [0.15, 0.2) is 47.4 Å². The average molecular weight is 499 g/mol. The van der Waals surface area contributed by atoms with E-state index in [4.69, 9.17) is 14.6 Å². The predicted octanol–water partition coefficient (Wildman–Crippen LogP) is 3.28. The lowest BCUT2D eigenvalue weighted by molar-refractivity contribution is -0.143. The number of methoxy groups -OCH3 is 1. The number of carbonyl (C=O) groups is 3. The summed E-state index contributed by atoms with van der Waals surface area (Å²) >= 11 is 1.55. The van der Waals surface area contributed by atoms with Crippen LogP contribution in [0.3, 0.4) is 0 Å². The Labute approximate surface area is 208 Å². The molecule has 2 aliphatic rings. The molecule has 0 bridgehead atoms. The lowest BCUT2D eigenvalue weighted by Gasteiger charge is -2.26. The average Bonchev–Trinajstić information content (AvgIpc) is 3.30. The molecular formula is C26H30N2O6S. The van der Waals surface area contributed by atoms with Crippen molar-refractivity contribution in [1.29, 1.82) is 0 Å². The number of ether oxygens (including phenoxy) is 2. The zero-order chi connectivity index (χ0) is 24.8. The molecule has 1 atom stereocenters. The van der Waals surface area contributed by atoms with E-state index in [1.165, 1.54) is 0 Å². The summed E-state index contributed by atoms with van der Waals surface area (Å²) in [6.07, 6.45) is 3.33. The summed E-state index contributed by atoms with van der Waals surface area (Å²) in [6, 6.07) is 12.8. The van der Waals surface area contributed by atoms with Crippen LogP contribution in [-0.4, -0.2) is 54.4 Å². The number of nitrogens with one attached hydrogen (secondary N) is 2. The summed E-state index contributed by atoms with van der Waals surface area (Å²) in [5, 5.41) is 14.6. The van der Waals surface area contributed by atoms with Crippen LogP contribution in [-0.2, 0) is 16.0 Å². The zero-order valence-electron chi connectivity index (χ0n) is 19.6. The second-order valence-electron chi connectivity index (χ2n) is 8.79. The first-order valence-corrected chi connectivity index (χ1v) is 12.7. The molecule has 1 fully saturated rings. The van der Waals surface area contributed by atoms with E-state index >= 15 is 0 Å². The first-order chi connectivity index (χ1) is 16.9. The van der Waals surface area contributed by atoms with Crippen molar-refractivity contribution in [2.45, 2.75) is 48.4 Å². The van der Waals surface area contributed by atoms with Gasteiger partial charge in [0, 0.05) is 23.5 Å². The highest BCUT2D eigenvalue weighted by Gasteiger charge is 2.29. The van der Waals surface area contributed by atoms with Gasteiger partial charge in [-0.1, -0.05) is 0 Å². The van der Waals surface area contributed by atoms with E-state index in [0.717, 1.165) is 16.2 Å². The summed E-state index contributed by atoms with van der Waals surface area (Å²) in [7, 11) is 1.63. The molecule has 186 valence electrons. The Hall–Kier alpha value is -3.20. The van der Waals surface area contributed by atoms with Crippen LogP contribution in [0.2, 0.25) is 0 Å². The van der Waals surface area contributed by atoms with Gasteiger partial charge in [0.15, 0.2) is 0 Å². The van der Waals surface area contributed by atoms with Gasteiger partial charge in [-0.25, -0.2) is 0 Å². The van der Waals surface area contributed by atoms with Gasteiger partial charge in [0.1, 0.15) is 11.5 Å². The van der Waals surface area contributed by atoms with Crippen LogP contribution in [0, 0.1) is 5.92 Å². The molecule has 2 aromatic carbocycles. The lowest BCUT2D eigenvalue weighted by Crippen LogP contribution is -2.38. The molecule has 1 heterocycles. The maximum Gasteiger partial charge on any atom is 0.306 e. The molecule has 0 saturated heterocycles. The fourth-order valence-electron chi connectivity index (χ4n) is 4.38. The SMILES string of the molecule is COc1ccc2c(c1)CC(C(=O)NCCNC(=O)c1ccc(OC3CCC(C(=O)O)CC3)cc1)S2. The molecule has 9 heteroatoms. The number of amides is 2. The zero-order valence-corrected chi connectivity index (χ0v) is 20.4. The largest absolute Gasteiger partial charge is 0.497 e. The number of carboxylic acid groups (broad SMARTS) is 1. The van der Waals surface area contributed by atoms with Gasteiger partial charge in [0.2, 0.25) is 5.91 Å². The topological polar surface area (TPSA) is 114 Å². The minimum Gasteiger partial charge on any atom is -0.497 e. The fourth-order valence-corrected chi connectivity index (χ4v) is 5.58. The Kier molecular flexibility index (Phi) is 8.17.